The summed E-state index contributed by atoms with van der Waals surface area (Å²) in [6.45, 7) is 7.31. The van der Waals surface area contributed by atoms with Crippen LogP contribution in [0.5, 0.6) is 0 Å². The van der Waals surface area contributed by atoms with Gasteiger partial charge in [-0.25, -0.2) is 0 Å². The molecule has 0 spiro atoms. The Morgan fingerprint density at radius 2 is 2.16 bits per heavy atom. The minimum absolute atomic E-state index is 0.0944. The zero-order valence-electron chi connectivity index (χ0n) is 15.0. The van der Waals surface area contributed by atoms with Crippen molar-refractivity contribution in [3.8, 4) is 0 Å². The molecular weight excluding hydrogens is 312 g/mol. The van der Waals surface area contributed by atoms with Crippen molar-refractivity contribution in [1.82, 2.24) is 5.32 Å². The molecule has 4 rings (SSSR count). The second kappa shape index (κ2) is 5.51. The summed E-state index contributed by atoms with van der Waals surface area (Å²) in [5, 5.41) is 3.29. The Morgan fingerprint density at radius 1 is 1.32 bits per heavy atom. The average Bonchev–Trinajstić information content (AvgIpc) is 3.18. The van der Waals surface area contributed by atoms with Gasteiger partial charge in [-0.1, -0.05) is 32.9 Å². The molecule has 3 heterocycles. The summed E-state index contributed by atoms with van der Waals surface area (Å²) in [6.07, 6.45) is 7.24. The highest BCUT2D eigenvalue weighted by molar-refractivity contribution is 5.84. The number of carbonyl (C=O) groups is 1. The van der Waals surface area contributed by atoms with Crippen LogP contribution in [0.3, 0.4) is 0 Å². The van der Waals surface area contributed by atoms with Crippen LogP contribution < -0.4 is 10.2 Å². The van der Waals surface area contributed by atoms with Gasteiger partial charge in [0.15, 0.2) is 0 Å². The van der Waals surface area contributed by atoms with E-state index in [1.807, 2.05) is 18.2 Å². The summed E-state index contributed by atoms with van der Waals surface area (Å²) >= 11 is 0. The molecule has 4 nitrogen and oxygen atoms in total. The van der Waals surface area contributed by atoms with Gasteiger partial charge in [0.05, 0.1) is 6.26 Å². The van der Waals surface area contributed by atoms with Gasteiger partial charge in [-0.15, -0.1) is 0 Å². The number of benzene rings is 1. The maximum absolute atomic E-state index is 12.3. The number of nitrogens with one attached hydrogen (secondary N) is 1. The van der Waals surface area contributed by atoms with Crippen LogP contribution in [0.2, 0.25) is 0 Å². The van der Waals surface area contributed by atoms with Crippen molar-refractivity contribution in [2.24, 2.45) is 0 Å². The fraction of sp³-hybridized carbons (Fsp3) is 0.381. The molecule has 1 amide bonds. The van der Waals surface area contributed by atoms with Crippen molar-refractivity contribution in [2.45, 2.75) is 44.7 Å². The minimum atomic E-state index is -0.580. The Balaban J connectivity index is 1.87. The molecular formula is C21H24N2O2. The third-order valence-corrected chi connectivity index (χ3v) is 5.74. The fourth-order valence-electron chi connectivity index (χ4n) is 4.21. The van der Waals surface area contributed by atoms with E-state index in [0.717, 1.165) is 18.7 Å². The molecule has 2 aliphatic heterocycles. The molecule has 4 heteroatoms. The van der Waals surface area contributed by atoms with Crippen molar-refractivity contribution in [3.63, 3.8) is 0 Å². The van der Waals surface area contributed by atoms with Crippen LogP contribution in [0.25, 0.3) is 6.08 Å². The first-order valence-electron chi connectivity index (χ1n) is 8.93. The second-order valence-corrected chi connectivity index (χ2v) is 7.40. The number of amides is 1. The van der Waals surface area contributed by atoms with Crippen molar-refractivity contribution < 1.29 is 9.21 Å². The Bertz CT molecular complexity index is 836. The summed E-state index contributed by atoms with van der Waals surface area (Å²) in [4.78, 5) is 14.7. The summed E-state index contributed by atoms with van der Waals surface area (Å²) in [6, 6.07) is 10.5. The SMILES string of the molecule is CCc1ccc2c(c1)C(C)(C)[C@]1(C=Cc3ccco3)NC(=O)CCN21. The molecule has 25 heavy (non-hydrogen) atoms. The summed E-state index contributed by atoms with van der Waals surface area (Å²) in [7, 11) is 0. The third kappa shape index (κ3) is 2.24. The van der Waals surface area contributed by atoms with Crippen LogP contribution in [0.4, 0.5) is 5.69 Å². The first-order valence-corrected chi connectivity index (χ1v) is 8.93. The molecule has 0 radical (unpaired) electrons. The van der Waals surface area contributed by atoms with Gasteiger partial charge in [-0.2, -0.15) is 0 Å². The van der Waals surface area contributed by atoms with Gasteiger partial charge < -0.3 is 14.6 Å². The van der Waals surface area contributed by atoms with Gasteiger partial charge >= 0.3 is 0 Å². The van der Waals surface area contributed by atoms with E-state index < -0.39 is 5.66 Å². The number of nitrogens with zero attached hydrogens (tertiary/aromatic N) is 1. The molecule has 1 fully saturated rings. The largest absolute Gasteiger partial charge is 0.465 e. The molecule has 130 valence electrons. The lowest BCUT2D eigenvalue weighted by atomic mass is 9.74. The third-order valence-electron chi connectivity index (χ3n) is 5.74. The van der Waals surface area contributed by atoms with Crippen molar-refractivity contribution >= 4 is 17.7 Å². The number of furan rings is 1. The lowest BCUT2D eigenvalue weighted by Crippen LogP contribution is -2.68. The zero-order chi connectivity index (χ0) is 17.7. The molecule has 1 N–H and O–H groups in total. The van der Waals surface area contributed by atoms with E-state index >= 15 is 0 Å². The van der Waals surface area contributed by atoms with Crippen LogP contribution in [0.1, 0.15) is 44.1 Å². The highest BCUT2D eigenvalue weighted by atomic mass is 16.3. The van der Waals surface area contributed by atoms with Gasteiger partial charge in [0, 0.05) is 24.1 Å². The average molecular weight is 336 g/mol. The predicted molar refractivity (Wildman–Crippen MR) is 99.4 cm³/mol. The first-order chi connectivity index (χ1) is 12.0. The molecule has 1 aromatic heterocycles. The topological polar surface area (TPSA) is 45.5 Å². The standard InChI is InChI=1S/C21H24N2O2/c1-4-15-7-8-18-17(14-15)20(2,3)21(11-9-16-6-5-13-25-16)22-19(24)10-12-23(18)21/h5-9,11,13-14H,4,10,12H2,1-3H3,(H,22,24)/t21-/m1/s1. The molecule has 0 unspecified atom stereocenters. The molecule has 0 saturated carbocycles. The smallest absolute Gasteiger partial charge is 0.223 e. The second-order valence-electron chi connectivity index (χ2n) is 7.40. The number of hydrogen-bond donors (Lipinski definition) is 1. The maximum atomic E-state index is 12.3. The molecule has 1 aromatic carbocycles. The maximum Gasteiger partial charge on any atom is 0.223 e. The van der Waals surface area contributed by atoms with Gasteiger partial charge in [0.25, 0.3) is 0 Å². The Hall–Kier alpha value is -2.49. The van der Waals surface area contributed by atoms with Crippen LogP contribution in [0, 0.1) is 0 Å². The summed E-state index contributed by atoms with van der Waals surface area (Å²) in [5.74, 6) is 0.882. The van der Waals surface area contributed by atoms with Crippen LogP contribution in [-0.4, -0.2) is 18.1 Å². The predicted octanol–water partition coefficient (Wildman–Crippen LogP) is 3.87. The van der Waals surface area contributed by atoms with Gasteiger partial charge in [-0.3, -0.25) is 4.79 Å². The Morgan fingerprint density at radius 3 is 2.88 bits per heavy atom. The number of anilines is 1. The van der Waals surface area contributed by atoms with Gasteiger partial charge in [-0.05, 0) is 47.9 Å². The first kappa shape index (κ1) is 16.0. The highest BCUT2D eigenvalue weighted by Gasteiger charge is 2.57. The van der Waals surface area contributed by atoms with Crippen molar-refractivity contribution in [3.05, 3.63) is 59.6 Å². The number of carbonyl (C=O) groups excluding carboxylic acids is 1. The van der Waals surface area contributed by atoms with E-state index in [0.29, 0.717) is 6.42 Å². The normalized spacial score (nSPS) is 24.3. The highest BCUT2D eigenvalue weighted by Crippen LogP contribution is 2.52. The number of rotatable bonds is 3. The lowest BCUT2D eigenvalue weighted by Gasteiger charge is -2.49. The molecule has 2 aromatic rings. The quantitative estimate of drug-likeness (QED) is 0.925. The fourth-order valence-corrected chi connectivity index (χ4v) is 4.21. The summed E-state index contributed by atoms with van der Waals surface area (Å²) < 4.78 is 5.46. The van der Waals surface area contributed by atoms with E-state index in [1.54, 1.807) is 6.26 Å². The molecule has 1 atom stereocenters. The van der Waals surface area contributed by atoms with Gasteiger partial charge in [0.1, 0.15) is 11.4 Å². The molecule has 2 aliphatic rings. The lowest BCUT2D eigenvalue weighted by molar-refractivity contribution is -0.124. The number of aryl methyl sites for hydroxylation is 1. The van der Waals surface area contributed by atoms with Crippen LogP contribution in [-0.2, 0) is 16.6 Å². The molecule has 1 saturated heterocycles. The van der Waals surface area contributed by atoms with Crippen molar-refractivity contribution in [2.75, 3.05) is 11.4 Å². The van der Waals surface area contributed by atoms with Crippen LogP contribution >= 0.6 is 0 Å². The van der Waals surface area contributed by atoms with Crippen LogP contribution in [0.15, 0.2) is 47.1 Å². The zero-order valence-corrected chi connectivity index (χ0v) is 15.0. The van der Waals surface area contributed by atoms with Gasteiger partial charge in [0.2, 0.25) is 5.91 Å². The molecule has 0 bridgehead atoms. The van der Waals surface area contributed by atoms with E-state index in [9.17, 15) is 4.79 Å². The number of fused-ring (bicyclic) bond motifs is 3. The van der Waals surface area contributed by atoms with E-state index in [2.05, 4.69) is 55.3 Å². The number of hydrogen-bond acceptors (Lipinski definition) is 3. The van der Waals surface area contributed by atoms with E-state index in [1.165, 1.54) is 16.8 Å². The van der Waals surface area contributed by atoms with E-state index in [-0.39, 0.29) is 11.3 Å². The monoisotopic (exact) mass is 336 g/mol. The van der Waals surface area contributed by atoms with Crippen molar-refractivity contribution in [1.29, 1.82) is 0 Å². The summed E-state index contributed by atoms with van der Waals surface area (Å²) in [5.41, 5.74) is 2.99. The molecule has 0 aliphatic carbocycles. The van der Waals surface area contributed by atoms with E-state index in [4.69, 9.17) is 4.42 Å². The Labute approximate surface area is 148 Å². The Kier molecular flexibility index (Phi) is 3.53. The minimum Gasteiger partial charge on any atom is -0.465 e.